The summed E-state index contributed by atoms with van der Waals surface area (Å²) >= 11 is 0. The number of hydrogen-bond acceptors (Lipinski definition) is 4. The maximum atomic E-state index is 12.6. The highest BCUT2D eigenvalue weighted by Gasteiger charge is 2.30. The lowest BCUT2D eigenvalue weighted by molar-refractivity contribution is -0.119. The van der Waals surface area contributed by atoms with Gasteiger partial charge in [0.05, 0.1) is 10.6 Å². The number of ketones is 1. The number of benzene rings is 2. The van der Waals surface area contributed by atoms with E-state index in [0.29, 0.717) is 12.1 Å². The number of nitrogens with zero attached hydrogens (tertiary/aromatic N) is 1. The smallest absolute Gasteiger partial charge is 0.261 e. The van der Waals surface area contributed by atoms with Crippen LogP contribution in [-0.2, 0) is 27.7 Å². The van der Waals surface area contributed by atoms with Gasteiger partial charge in [0.2, 0.25) is 0 Å². The van der Waals surface area contributed by atoms with Crippen LogP contribution in [-0.4, -0.2) is 19.2 Å². The molecule has 0 spiro atoms. The summed E-state index contributed by atoms with van der Waals surface area (Å²) in [6.45, 7) is 0. The van der Waals surface area contributed by atoms with Crippen LogP contribution in [0, 0.1) is 5.92 Å². The molecule has 156 valence electrons. The lowest BCUT2D eigenvalue weighted by Crippen LogP contribution is -2.12. The molecule has 0 amide bonds. The summed E-state index contributed by atoms with van der Waals surface area (Å²) in [7, 11) is -3.63. The van der Waals surface area contributed by atoms with Crippen molar-refractivity contribution < 1.29 is 13.2 Å². The number of Topliss-reactive ketones (excluding diaryl/α,β-unsaturated/α-hetero) is 1. The highest BCUT2D eigenvalue weighted by atomic mass is 32.2. The summed E-state index contributed by atoms with van der Waals surface area (Å²) < 4.78 is 27.7. The lowest BCUT2D eigenvalue weighted by Gasteiger charge is -2.12. The topological polar surface area (TPSA) is 76.1 Å². The minimum atomic E-state index is -3.63. The number of carbonyl (C=O) groups is 1. The Hall–Kier alpha value is -3.25. The number of sulfonamides is 1. The van der Waals surface area contributed by atoms with Gasteiger partial charge in [0.1, 0.15) is 5.78 Å². The average molecular weight is 431 g/mol. The first-order chi connectivity index (χ1) is 15.0. The quantitative estimate of drug-likeness (QED) is 0.592. The number of aromatic nitrogens is 1. The van der Waals surface area contributed by atoms with Crippen molar-refractivity contribution in [1.82, 2.24) is 4.98 Å². The normalized spacial score (nSPS) is 15.0. The molecule has 0 radical (unpaired) electrons. The number of rotatable bonds is 7. The van der Waals surface area contributed by atoms with E-state index in [4.69, 9.17) is 4.98 Å². The molecular formula is C25H22N2O3S. The van der Waals surface area contributed by atoms with Gasteiger partial charge in [-0.05, 0) is 54.3 Å². The van der Waals surface area contributed by atoms with E-state index in [-0.39, 0.29) is 16.6 Å². The second kappa shape index (κ2) is 7.78. The number of pyridine rings is 1. The second-order valence-electron chi connectivity index (χ2n) is 8.04. The van der Waals surface area contributed by atoms with Crippen molar-refractivity contribution in [3.8, 4) is 11.1 Å². The molecule has 6 heteroatoms. The minimum absolute atomic E-state index is 0.216. The highest BCUT2D eigenvalue weighted by molar-refractivity contribution is 7.92. The lowest BCUT2D eigenvalue weighted by atomic mass is 9.97. The van der Waals surface area contributed by atoms with E-state index in [1.165, 1.54) is 0 Å². The SMILES string of the molecule is O=C(Cc1cc(-c2ccc(NS(=O)(=O)c3ccccc3)cc2)c2c(n1)CC=C2)C1CC1. The van der Waals surface area contributed by atoms with Crippen LogP contribution in [0.2, 0.25) is 0 Å². The monoisotopic (exact) mass is 430 g/mol. The van der Waals surface area contributed by atoms with E-state index in [2.05, 4.69) is 16.9 Å². The predicted molar refractivity (Wildman–Crippen MR) is 121 cm³/mol. The zero-order valence-corrected chi connectivity index (χ0v) is 17.7. The van der Waals surface area contributed by atoms with Crippen molar-refractivity contribution in [2.45, 2.75) is 30.6 Å². The van der Waals surface area contributed by atoms with E-state index in [1.54, 1.807) is 42.5 Å². The minimum Gasteiger partial charge on any atom is -0.299 e. The molecular weight excluding hydrogens is 408 g/mol. The van der Waals surface area contributed by atoms with Crippen LogP contribution in [0.4, 0.5) is 5.69 Å². The molecule has 0 aliphatic heterocycles. The van der Waals surface area contributed by atoms with Crippen LogP contribution < -0.4 is 4.72 Å². The molecule has 31 heavy (non-hydrogen) atoms. The average Bonchev–Trinajstić information content (AvgIpc) is 3.52. The van der Waals surface area contributed by atoms with Gasteiger partial charge in [-0.1, -0.05) is 42.5 Å². The van der Waals surface area contributed by atoms with Gasteiger partial charge in [-0.3, -0.25) is 14.5 Å². The van der Waals surface area contributed by atoms with E-state index >= 15 is 0 Å². The van der Waals surface area contributed by atoms with Gasteiger partial charge >= 0.3 is 0 Å². The number of anilines is 1. The summed E-state index contributed by atoms with van der Waals surface area (Å²) in [6.07, 6.45) is 7.28. The van der Waals surface area contributed by atoms with Gasteiger partial charge in [-0.25, -0.2) is 8.42 Å². The van der Waals surface area contributed by atoms with Crippen molar-refractivity contribution in [1.29, 1.82) is 0 Å². The molecule has 2 aliphatic carbocycles. The fourth-order valence-corrected chi connectivity index (χ4v) is 4.96. The van der Waals surface area contributed by atoms with E-state index in [0.717, 1.165) is 47.3 Å². The third kappa shape index (κ3) is 4.16. The molecule has 3 aromatic rings. The first-order valence-corrected chi connectivity index (χ1v) is 11.9. The number of nitrogens with one attached hydrogen (secondary N) is 1. The fraction of sp³-hybridized carbons (Fsp3) is 0.200. The standard InChI is InChI=1S/C25H22N2O3S/c28-25(18-9-10-18)16-20-15-23(22-7-4-8-24(22)26-20)17-11-13-19(14-12-17)27-31(29,30)21-5-2-1-3-6-21/h1-7,11-15,18,27H,8-10,16H2. The summed E-state index contributed by atoms with van der Waals surface area (Å²) in [6, 6.07) is 17.6. The van der Waals surface area contributed by atoms with Gasteiger partial charge in [0.25, 0.3) is 10.0 Å². The molecule has 1 heterocycles. The Morgan fingerprint density at radius 1 is 1.03 bits per heavy atom. The Bertz CT molecular complexity index is 1280. The maximum absolute atomic E-state index is 12.6. The molecule has 1 saturated carbocycles. The van der Waals surface area contributed by atoms with Crippen molar-refractivity contribution >= 4 is 27.6 Å². The molecule has 0 bridgehead atoms. The Morgan fingerprint density at radius 2 is 1.77 bits per heavy atom. The zero-order valence-electron chi connectivity index (χ0n) is 16.9. The molecule has 1 N–H and O–H groups in total. The number of fused-ring (bicyclic) bond motifs is 1. The van der Waals surface area contributed by atoms with Crippen LogP contribution in [0.3, 0.4) is 0 Å². The van der Waals surface area contributed by atoms with E-state index < -0.39 is 10.0 Å². The molecule has 5 rings (SSSR count). The van der Waals surface area contributed by atoms with Crippen LogP contribution >= 0.6 is 0 Å². The van der Waals surface area contributed by atoms with Crippen molar-refractivity contribution in [2.75, 3.05) is 4.72 Å². The van der Waals surface area contributed by atoms with Gasteiger partial charge in [0, 0.05) is 35.7 Å². The third-order valence-corrected chi connectivity index (χ3v) is 7.07. The third-order valence-electron chi connectivity index (χ3n) is 5.68. The predicted octanol–water partition coefficient (Wildman–Crippen LogP) is 4.64. The van der Waals surface area contributed by atoms with Crippen LogP contribution in [0.5, 0.6) is 0 Å². The first-order valence-electron chi connectivity index (χ1n) is 10.4. The van der Waals surface area contributed by atoms with Gasteiger partial charge < -0.3 is 0 Å². The van der Waals surface area contributed by atoms with Gasteiger partial charge in [-0.2, -0.15) is 0 Å². The first kappa shape index (κ1) is 19.7. The fourth-order valence-electron chi connectivity index (χ4n) is 3.88. The molecule has 2 aliphatic rings. The molecule has 0 atom stereocenters. The second-order valence-corrected chi connectivity index (χ2v) is 9.72. The Balaban J connectivity index is 1.42. The summed E-state index contributed by atoms with van der Waals surface area (Å²) in [5, 5.41) is 0. The maximum Gasteiger partial charge on any atom is 0.261 e. The molecule has 2 aromatic carbocycles. The molecule has 1 aromatic heterocycles. The molecule has 0 saturated heterocycles. The van der Waals surface area contributed by atoms with Gasteiger partial charge in [-0.15, -0.1) is 0 Å². The molecule has 1 fully saturated rings. The summed E-state index contributed by atoms with van der Waals surface area (Å²) in [4.78, 5) is 17.2. The zero-order chi connectivity index (χ0) is 21.4. The van der Waals surface area contributed by atoms with E-state index in [1.807, 2.05) is 18.2 Å². The van der Waals surface area contributed by atoms with Crippen LogP contribution in [0.25, 0.3) is 17.2 Å². The number of hydrogen-bond donors (Lipinski definition) is 1. The Labute approximate surface area is 181 Å². The highest BCUT2D eigenvalue weighted by Crippen LogP contribution is 2.34. The molecule has 5 nitrogen and oxygen atoms in total. The van der Waals surface area contributed by atoms with Crippen molar-refractivity contribution in [2.24, 2.45) is 5.92 Å². The largest absolute Gasteiger partial charge is 0.299 e. The summed E-state index contributed by atoms with van der Waals surface area (Å²) in [5.74, 6) is 0.489. The van der Waals surface area contributed by atoms with Gasteiger partial charge in [0.15, 0.2) is 0 Å². The van der Waals surface area contributed by atoms with E-state index in [9.17, 15) is 13.2 Å². The van der Waals surface area contributed by atoms with Crippen LogP contribution in [0.15, 0.2) is 71.6 Å². The van der Waals surface area contributed by atoms with Crippen LogP contribution in [0.1, 0.15) is 29.8 Å². The molecule has 0 unspecified atom stereocenters. The Kier molecular flexibility index (Phi) is 4.94. The number of allylic oxidation sites excluding steroid dienone is 1. The Morgan fingerprint density at radius 3 is 2.48 bits per heavy atom. The van der Waals surface area contributed by atoms with Crippen molar-refractivity contribution in [3.05, 3.63) is 83.7 Å². The summed E-state index contributed by atoms with van der Waals surface area (Å²) in [5.41, 5.74) is 5.36. The van der Waals surface area contributed by atoms with Crippen molar-refractivity contribution in [3.63, 3.8) is 0 Å². The number of carbonyl (C=O) groups excluding carboxylic acids is 1.